The van der Waals surface area contributed by atoms with E-state index in [0.29, 0.717) is 25.2 Å². The molecule has 0 bridgehead atoms. The van der Waals surface area contributed by atoms with Crippen molar-refractivity contribution in [3.05, 3.63) is 52.1 Å². The number of methoxy groups -OCH3 is 1. The van der Waals surface area contributed by atoms with Crippen molar-refractivity contribution in [3.63, 3.8) is 0 Å². The van der Waals surface area contributed by atoms with E-state index in [9.17, 15) is 14.9 Å². The van der Waals surface area contributed by atoms with Gasteiger partial charge >= 0.3 is 5.69 Å². The zero-order valence-corrected chi connectivity index (χ0v) is 14.0. The minimum Gasteiger partial charge on any atom is -0.490 e. The summed E-state index contributed by atoms with van der Waals surface area (Å²) in [4.78, 5) is 29.6. The molecule has 1 unspecified atom stereocenters. The van der Waals surface area contributed by atoms with Gasteiger partial charge in [-0.3, -0.25) is 14.9 Å². The van der Waals surface area contributed by atoms with Crippen LogP contribution in [-0.4, -0.2) is 52.0 Å². The minimum absolute atomic E-state index is 0.0690. The summed E-state index contributed by atoms with van der Waals surface area (Å²) in [6, 6.07) is 3.96. The van der Waals surface area contributed by atoms with E-state index in [4.69, 9.17) is 4.74 Å². The molecule has 1 aliphatic rings. The Bertz CT molecular complexity index is 804. The van der Waals surface area contributed by atoms with E-state index in [0.717, 1.165) is 5.82 Å². The number of amides is 1. The van der Waals surface area contributed by atoms with Crippen LogP contribution < -0.4 is 10.1 Å². The van der Waals surface area contributed by atoms with Crippen LogP contribution in [0.3, 0.4) is 0 Å². The van der Waals surface area contributed by atoms with Crippen molar-refractivity contribution < 1.29 is 14.5 Å². The molecule has 1 aromatic carbocycles. The van der Waals surface area contributed by atoms with Crippen molar-refractivity contribution in [2.24, 2.45) is 7.05 Å². The molecule has 1 N–H and O–H groups in total. The number of nitrogens with one attached hydrogen (secondary N) is 1. The van der Waals surface area contributed by atoms with Gasteiger partial charge in [-0.25, -0.2) is 4.98 Å². The van der Waals surface area contributed by atoms with Crippen molar-refractivity contribution in [2.75, 3.05) is 26.7 Å². The molecule has 0 spiro atoms. The van der Waals surface area contributed by atoms with Crippen molar-refractivity contribution in [2.45, 2.75) is 6.04 Å². The van der Waals surface area contributed by atoms with Crippen LogP contribution in [0.25, 0.3) is 0 Å². The maximum absolute atomic E-state index is 13.0. The molecule has 0 aliphatic carbocycles. The fraction of sp³-hybridized carbons (Fsp3) is 0.375. The average Bonchev–Trinajstić information content (AvgIpc) is 3.06. The van der Waals surface area contributed by atoms with Crippen molar-refractivity contribution in [3.8, 4) is 5.75 Å². The molecule has 9 heteroatoms. The number of ether oxygens (including phenoxy) is 1. The summed E-state index contributed by atoms with van der Waals surface area (Å²) in [5, 5.41) is 14.3. The number of piperazine rings is 1. The molecule has 1 aliphatic heterocycles. The quantitative estimate of drug-likeness (QED) is 0.658. The number of imidazole rings is 1. The van der Waals surface area contributed by atoms with Crippen LogP contribution in [0, 0.1) is 10.1 Å². The molecule has 2 aromatic rings. The number of benzene rings is 1. The Kier molecular flexibility index (Phi) is 4.66. The van der Waals surface area contributed by atoms with E-state index in [2.05, 4.69) is 10.3 Å². The Hall–Kier alpha value is -2.94. The molecule has 2 heterocycles. The highest BCUT2D eigenvalue weighted by Crippen LogP contribution is 2.29. The SMILES string of the molecule is COc1cc(C(=O)N2CCNCC2c2nccn2C)ccc1[N+](=O)[O-]. The second kappa shape index (κ2) is 6.89. The third kappa shape index (κ3) is 3.18. The highest BCUT2D eigenvalue weighted by atomic mass is 16.6. The minimum atomic E-state index is -0.533. The highest BCUT2D eigenvalue weighted by Gasteiger charge is 2.31. The first-order valence-corrected chi connectivity index (χ1v) is 7.84. The van der Waals surface area contributed by atoms with Gasteiger partial charge in [-0.2, -0.15) is 0 Å². The molecule has 0 radical (unpaired) electrons. The van der Waals surface area contributed by atoms with Gasteiger partial charge in [-0.05, 0) is 6.07 Å². The van der Waals surface area contributed by atoms with Crippen LogP contribution in [-0.2, 0) is 7.05 Å². The molecule has 0 saturated carbocycles. The average molecular weight is 345 g/mol. The summed E-state index contributed by atoms with van der Waals surface area (Å²) in [6.07, 6.45) is 3.53. The highest BCUT2D eigenvalue weighted by molar-refractivity contribution is 5.95. The van der Waals surface area contributed by atoms with E-state index >= 15 is 0 Å². The first-order chi connectivity index (χ1) is 12.0. The summed E-state index contributed by atoms with van der Waals surface area (Å²) in [6.45, 7) is 1.80. The van der Waals surface area contributed by atoms with Gasteiger partial charge in [-0.15, -0.1) is 0 Å². The summed E-state index contributed by atoms with van der Waals surface area (Å²) >= 11 is 0. The van der Waals surface area contributed by atoms with Gasteiger partial charge in [-0.1, -0.05) is 0 Å². The number of nitro groups is 1. The number of carbonyl (C=O) groups is 1. The van der Waals surface area contributed by atoms with Crippen LogP contribution >= 0.6 is 0 Å². The number of nitrogens with zero attached hydrogens (tertiary/aromatic N) is 4. The van der Waals surface area contributed by atoms with Gasteiger partial charge in [0.25, 0.3) is 5.91 Å². The third-order valence-corrected chi connectivity index (χ3v) is 4.28. The van der Waals surface area contributed by atoms with Gasteiger partial charge < -0.3 is 19.5 Å². The number of nitro benzene ring substituents is 1. The Labute approximate surface area is 144 Å². The van der Waals surface area contributed by atoms with Gasteiger partial charge in [0.2, 0.25) is 0 Å². The smallest absolute Gasteiger partial charge is 0.310 e. The number of hydrogen-bond donors (Lipinski definition) is 1. The van der Waals surface area contributed by atoms with Crippen molar-refractivity contribution in [1.29, 1.82) is 0 Å². The van der Waals surface area contributed by atoms with Crippen LogP contribution in [0.15, 0.2) is 30.6 Å². The monoisotopic (exact) mass is 345 g/mol. The standard InChI is InChI=1S/C16H19N5O4/c1-19-7-6-18-15(19)13-10-17-5-8-20(13)16(22)11-3-4-12(21(23)24)14(9-11)25-2/h3-4,6-7,9,13,17H,5,8,10H2,1-2H3. The Morgan fingerprint density at radius 3 is 2.92 bits per heavy atom. The molecular formula is C16H19N5O4. The van der Waals surface area contributed by atoms with E-state index < -0.39 is 4.92 Å². The fourth-order valence-electron chi connectivity index (χ4n) is 3.00. The molecule has 3 rings (SSSR count). The predicted molar refractivity (Wildman–Crippen MR) is 89.5 cm³/mol. The number of aryl methyl sites for hydroxylation is 1. The molecule has 1 amide bonds. The van der Waals surface area contributed by atoms with E-state index in [-0.39, 0.29) is 23.4 Å². The van der Waals surface area contributed by atoms with Gasteiger partial charge in [0.05, 0.1) is 12.0 Å². The lowest BCUT2D eigenvalue weighted by atomic mass is 10.1. The lowest BCUT2D eigenvalue weighted by molar-refractivity contribution is -0.385. The maximum atomic E-state index is 13.0. The molecule has 132 valence electrons. The van der Waals surface area contributed by atoms with Crippen LogP contribution in [0.1, 0.15) is 22.2 Å². The van der Waals surface area contributed by atoms with E-state index in [1.807, 2.05) is 17.8 Å². The molecule has 25 heavy (non-hydrogen) atoms. The number of rotatable bonds is 4. The molecule has 1 fully saturated rings. The first kappa shape index (κ1) is 16.9. The molecular weight excluding hydrogens is 326 g/mol. The summed E-state index contributed by atoms with van der Waals surface area (Å²) in [5.74, 6) is 0.650. The Balaban J connectivity index is 1.93. The molecule has 1 atom stereocenters. The fourth-order valence-corrected chi connectivity index (χ4v) is 3.00. The zero-order valence-electron chi connectivity index (χ0n) is 14.0. The second-order valence-corrected chi connectivity index (χ2v) is 5.76. The van der Waals surface area contributed by atoms with Crippen molar-refractivity contribution in [1.82, 2.24) is 19.8 Å². The summed E-state index contributed by atoms with van der Waals surface area (Å²) in [5.41, 5.74) is 0.184. The van der Waals surface area contributed by atoms with Crippen LogP contribution in [0.2, 0.25) is 0 Å². The van der Waals surface area contributed by atoms with Crippen LogP contribution in [0.5, 0.6) is 5.75 Å². The van der Waals surface area contributed by atoms with E-state index in [1.54, 1.807) is 11.1 Å². The van der Waals surface area contributed by atoms with Crippen LogP contribution in [0.4, 0.5) is 5.69 Å². The van der Waals surface area contributed by atoms with Gasteiger partial charge in [0, 0.05) is 56.8 Å². The number of aromatic nitrogens is 2. The summed E-state index contributed by atoms with van der Waals surface area (Å²) < 4.78 is 6.95. The predicted octanol–water partition coefficient (Wildman–Crippen LogP) is 1.12. The maximum Gasteiger partial charge on any atom is 0.310 e. The zero-order chi connectivity index (χ0) is 18.0. The molecule has 1 aromatic heterocycles. The van der Waals surface area contributed by atoms with E-state index in [1.165, 1.54) is 25.3 Å². The topological polar surface area (TPSA) is 103 Å². The Morgan fingerprint density at radius 1 is 1.48 bits per heavy atom. The lowest BCUT2D eigenvalue weighted by Gasteiger charge is -2.35. The van der Waals surface area contributed by atoms with Crippen molar-refractivity contribution >= 4 is 11.6 Å². The third-order valence-electron chi connectivity index (χ3n) is 4.28. The first-order valence-electron chi connectivity index (χ1n) is 7.84. The van der Waals surface area contributed by atoms with Gasteiger partial charge in [0.1, 0.15) is 11.9 Å². The second-order valence-electron chi connectivity index (χ2n) is 5.76. The number of hydrogen-bond acceptors (Lipinski definition) is 6. The Morgan fingerprint density at radius 2 is 2.28 bits per heavy atom. The normalized spacial score (nSPS) is 17.4. The lowest BCUT2D eigenvalue weighted by Crippen LogP contribution is -2.49. The summed E-state index contributed by atoms with van der Waals surface area (Å²) in [7, 11) is 3.23. The number of carbonyl (C=O) groups excluding carboxylic acids is 1. The molecule has 1 saturated heterocycles. The largest absolute Gasteiger partial charge is 0.490 e. The molecule has 9 nitrogen and oxygen atoms in total. The van der Waals surface area contributed by atoms with Gasteiger partial charge in [0.15, 0.2) is 5.75 Å².